The van der Waals surface area contributed by atoms with Gasteiger partial charge in [0, 0.05) is 25.6 Å². The summed E-state index contributed by atoms with van der Waals surface area (Å²) in [6.45, 7) is 0.453. The van der Waals surface area contributed by atoms with Gasteiger partial charge in [-0.05, 0) is 48.9 Å². The second-order valence-corrected chi connectivity index (χ2v) is 8.48. The summed E-state index contributed by atoms with van der Waals surface area (Å²) in [4.78, 5) is 38.5. The van der Waals surface area contributed by atoms with Crippen LogP contribution in [-0.2, 0) is 16.1 Å². The molecule has 0 saturated carbocycles. The van der Waals surface area contributed by atoms with Crippen LogP contribution in [-0.4, -0.2) is 45.7 Å². The van der Waals surface area contributed by atoms with Crippen molar-refractivity contribution in [1.29, 1.82) is 0 Å². The fraction of sp³-hybridized carbons (Fsp3) is 0.400. The van der Waals surface area contributed by atoms with Crippen LogP contribution in [0.1, 0.15) is 55.7 Å². The molecule has 2 atom stereocenters. The van der Waals surface area contributed by atoms with E-state index >= 15 is 0 Å². The number of phenols is 1. The highest BCUT2D eigenvalue weighted by molar-refractivity contribution is 5.81. The number of benzene rings is 2. The number of hydrogen-bond donors (Lipinski definition) is 6. The van der Waals surface area contributed by atoms with E-state index in [1.807, 2.05) is 30.3 Å². The molecule has 12 heteroatoms. The number of hydrazine groups is 1. The highest BCUT2D eigenvalue weighted by atomic mass is 16.7. The Morgan fingerprint density at radius 2 is 1.73 bits per heavy atom. The molecule has 200 valence electrons. The SMILES string of the molecule is NC(=NCCC[C@H](N[C@H](CCCCC(=O)O)c1ccccc1)C(=O)NCc1ccc(O)cc1)N[N+](=O)[O-]. The number of carbonyl (C=O) groups is 2. The van der Waals surface area contributed by atoms with E-state index < -0.39 is 17.0 Å². The van der Waals surface area contributed by atoms with Gasteiger partial charge in [-0.15, -0.1) is 0 Å². The maximum absolute atomic E-state index is 13.2. The van der Waals surface area contributed by atoms with Crippen molar-refractivity contribution >= 4 is 17.8 Å². The standard InChI is InChI=1S/C25H34N6O6/c26-25(30-31(36)37)27-16-6-10-22(24(35)28-17-18-12-14-20(32)15-13-18)29-21(9-4-5-11-23(33)34)19-7-2-1-3-8-19/h1-3,7-8,12-15,21-22,29,32H,4-6,9-11,16-17H2,(H,28,35)(H,33,34)(H3,26,27,30)/t21-,22+/m1/s1. The summed E-state index contributed by atoms with van der Waals surface area (Å²) < 4.78 is 0. The lowest BCUT2D eigenvalue weighted by Gasteiger charge is -2.26. The molecule has 7 N–H and O–H groups in total. The molecule has 0 aliphatic rings. The molecule has 0 bridgehead atoms. The molecule has 0 unspecified atom stereocenters. The van der Waals surface area contributed by atoms with Crippen molar-refractivity contribution in [3.63, 3.8) is 0 Å². The predicted molar refractivity (Wildman–Crippen MR) is 138 cm³/mol. The zero-order valence-corrected chi connectivity index (χ0v) is 20.5. The largest absolute Gasteiger partial charge is 0.508 e. The molecule has 2 aromatic carbocycles. The van der Waals surface area contributed by atoms with Gasteiger partial charge in [0.1, 0.15) is 5.75 Å². The van der Waals surface area contributed by atoms with Crippen LogP contribution < -0.4 is 21.8 Å². The minimum atomic E-state index is -0.845. The zero-order chi connectivity index (χ0) is 27.0. The maximum Gasteiger partial charge on any atom is 0.303 e. The first-order valence-electron chi connectivity index (χ1n) is 12.0. The molecule has 0 aromatic heterocycles. The third kappa shape index (κ3) is 11.9. The second kappa shape index (κ2) is 15.7. The predicted octanol–water partition coefficient (Wildman–Crippen LogP) is 2.23. The lowest BCUT2D eigenvalue weighted by Crippen LogP contribution is -2.45. The quantitative estimate of drug-likeness (QED) is 0.0640. The number of guanidine groups is 1. The smallest absolute Gasteiger partial charge is 0.303 e. The van der Waals surface area contributed by atoms with Gasteiger partial charge in [-0.2, -0.15) is 0 Å². The Labute approximate surface area is 215 Å². The number of nitrogens with two attached hydrogens (primary N) is 1. The van der Waals surface area contributed by atoms with Crippen LogP contribution in [0, 0.1) is 10.1 Å². The number of hydrogen-bond acceptors (Lipinski definition) is 7. The van der Waals surface area contributed by atoms with Crippen LogP contribution in [0.2, 0.25) is 0 Å². The van der Waals surface area contributed by atoms with Crippen LogP contribution in [0.4, 0.5) is 0 Å². The number of nitrogens with one attached hydrogen (secondary N) is 3. The first-order chi connectivity index (χ1) is 17.7. The molecule has 0 aliphatic carbocycles. The van der Waals surface area contributed by atoms with Crippen LogP contribution in [0.25, 0.3) is 0 Å². The molecule has 0 heterocycles. The number of aliphatic imine (C=N–C) groups is 1. The molecule has 2 aromatic rings. The third-order valence-electron chi connectivity index (χ3n) is 5.60. The van der Waals surface area contributed by atoms with E-state index in [0.717, 1.165) is 11.1 Å². The van der Waals surface area contributed by atoms with Gasteiger partial charge in [0.2, 0.25) is 5.91 Å². The summed E-state index contributed by atoms with van der Waals surface area (Å²) in [5, 5.41) is 34.4. The van der Waals surface area contributed by atoms with Gasteiger partial charge < -0.3 is 21.3 Å². The van der Waals surface area contributed by atoms with Crippen molar-refractivity contribution in [3.8, 4) is 5.75 Å². The van der Waals surface area contributed by atoms with E-state index in [1.165, 1.54) is 0 Å². The summed E-state index contributed by atoms with van der Waals surface area (Å²) in [5.41, 5.74) is 9.04. The number of rotatable bonds is 16. The first kappa shape index (κ1) is 29.0. The Kier molecular flexibility index (Phi) is 12.3. The van der Waals surface area contributed by atoms with Gasteiger partial charge in [-0.25, -0.2) is 15.1 Å². The van der Waals surface area contributed by atoms with Crippen molar-refractivity contribution in [3.05, 3.63) is 75.8 Å². The molecule has 0 spiro atoms. The molecule has 0 aliphatic heterocycles. The van der Waals surface area contributed by atoms with E-state index in [4.69, 9.17) is 10.8 Å². The number of carboxylic acids is 1. The fourth-order valence-electron chi connectivity index (χ4n) is 3.74. The molecule has 0 saturated heterocycles. The van der Waals surface area contributed by atoms with Gasteiger partial charge in [-0.1, -0.05) is 54.3 Å². The summed E-state index contributed by atoms with van der Waals surface area (Å²) >= 11 is 0. The normalized spacial score (nSPS) is 12.9. The summed E-state index contributed by atoms with van der Waals surface area (Å²) in [6, 6.07) is 15.3. The van der Waals surface area contributed by atoms with E-state index in [-0.39, 0.29) is 43.2 Å². The monoisotopic (exact) mass is 514 g/mol. The summed E-state index contributed by atoms with van der Waals surface area (Å²) in [5.74, 6) is -1.26. The van der Waals surface area contributed by atoms with E-state index in [9.17, 15) is 24.8 Å². The Hall–Kier alpha value is -4.19. The second-order valence-electron chi connectivity index (χ2n) is 8.48. The van der Waals surface area contributed by atoms with Crippen LogP contribution in [0.5, 0.6) is 5.75 Å². The third-order valence-corrected chi connectivity index (χ3v) is 5.60. The minimum Gasteiger partial charge on any atom is -0.508 e. The number of nitro groups is 1. The molecule has 0 radical (unpaired) electrons. The number of amides is 1. The van der Waals surface area contributed by atoms with E-state index in [2.05, 4.69) is 15.6 Å². The molecule has 37 heavy (non-hydrogen) atoms. The number of phenolic OH excluding ortho intramolecular Hbond substituents is 1. The Balaban J connectivity index is 2.10. The van der Waals surface area contributed by atoms with Crippen molar-refractivity contribution in [2.24, 2.45) is 10.7 Å². The van der Waals surface area contributed by atoms with Gasteiger partial charge >= 0.3 is 5.97 Å². The average molecular weight is 515 g/mol. The van der Waals surface area contributed by atoms with Crippen molar-refractivity contribution < 1.29 is 24.8 Å². The fourth-order valence-corrected chi connectivity index (χ4v) is 3.74. The number of unbranched alkanes of at least 4 members (excludes halogenated alkanes) is 1. The van der Waals surface area contributed by atoms with Crippen LogP contribution >= 0.6 is 0 Å². The Morgan fingerprint density at radius 3 is 2.38 bits per heavy atom. The Morgan fingerprint density at radius 1 is 1.03 bits per heavy atom. The topological polar surface area (TPSA) is 192 Å². The molecular formula is C25H34N6O6. The number of carboxylic acid groups (broad SMARTS) is 1. The van der Waals surface area contributed by atoms with Crippen molar-refractivity contribution in [2.75, 3.05) is 6.54 Å². The van der Waals surface area contributed by atoms with Gasteiger partial charge in [0.05, 0.1) is 6.04 Å². The highest BCUT2D eigenvalue weighted by Gasteiger charge is 2.23. The van der Waals surface area contributed by atoms with Crippen molar-refractivity contribution in [2.45, 2.75) is 57.2 Å². The molecule has 0 fully saturated rings. The maximum atomic E-state index is 13.2. The highest BCUT2D eigenvalue weighted by Crippen LogP contribution is 2.21. The molecular weight excluding hydrogens is 480 g/mol. The number of carbonyl (C=O) groups excluding carboxylic acids is 1. The van der Waals surface area contributed by atoms with Gasteiger partial charge in [-0.3, -0.25) is 14.9 Å². The zero-order valence-electron chi connectivity index (χ0n) is 20.5. The number of aromatic hydroxyl groups is 1. The lowest BCUT2D eigenvalue weighted by atomic mass is 9.98. The molecule has 1 amide bonds. The first-order valence-corrected chi connectivity index (χ1v) is 12.0. The summed E-state index contributed by atoms with van der Waals surface area (Å²) in [7, 11) is 0. The van der Waals surface area contributed by atoms with Crippen molar-refractivity contribution in [1.82, 2.24) is 16.1 Å². The minimum absolute atomic E-state index is 0.0790. The molecule has 12 nitrogen and oxygen atoms in total. The van der Waals surface area contributed by atoms with Crippen LogP contribution in [0.3, 0.4) is 0 Å². The van der Waals surface area contributed by atoms with E-state index in [1.54, 1.807) is 29.7 Å². The Bertz CT molecular complexity index is 1030. The summed E-state index contributed by atoms with van der Waals surface area (Å²) in [6.07, 6.45) is 2.72. The lowest BCUT2D eigenvalue weighted by molar-refractivity contribution is -0.525. The molecule has 2 rings (SSSR count). The van der Waals surface area contributed by atoms with E-state index in [0.29, 0.717) is 32.1 Å². The van der Waals surface area contributed by atoms with Gasteiger partial charge in [0.25, 0.3) is 5.96 Å². The number of nitrogens with zero attached hydrogens (tertiary/aromatic N) is 2. The van der Waals surface area contributed by atoms with Gasteiger partial charge in [0.15, 0.2) is 5.03 Å². The average Bonchev–Trinajstić information content (AvgIpc) is 2.86. The van der Waals surface area contributed by atoms with Crippen LogP contribution in [0.15, 0.2) is 59.6 Å². The number of aliphatic carboxylic acids is 1.